The van der Waals surface area contributed by atoms with Gasteiger partial charge in [-0.25, -0.2) is 14.4 Å². The van der Waals surface area contributed by atoms with Gasteiger partial charge in [0.05, 0.1) is 28.8 Å². The summed E-state index contributed by atoms with van der Waals surface area (Å²) in [6.45, 7) is 3.27. The second kappa shape index (κ2) is 6.94. The smallest absolute Gasteiger partial charge is 0.422 e. The van der Waals surface area contributed by atoms with E-state index in [0.29, 0.717) is 13.6 Å². The summed E-state index contributed by atoms with van der Waals surface area (Å²) in [7, 11) is 0. The fourth-order valence-electron chi connectivity index (χ4n) is 1.98. The molecule has 0 bridgehead atoms. The second-order valence-electron chi connectivity index (χ2n) is 4.21. The van der Waals surface area contributed by atoms with E-state index in [2.05, 4.69) is 15.9 Å². The van der Waals surface area contributed by atoms with Crippen molar-refractivity contribution in [1.82, 2.24) is 9.13 Å². The van der Waals surface area contributed by atoms with Crippen molar-refractivity contribution >= 4 is 62.4 Å². The number of hydrogen-bond acceptors (Lipinski definition) is 5. The number of rotatable bonds is 2. The Morgan fingerprint density at radius 1 is 1.09 bits per heavy atom. The number of aromatic nitrogens is 2. The van der Waals surface area contributed by atoms with E-state index in [1.54, 1.807) is 13.8 Å². The molecule has 0 saturated heterocycles. The molecule has 1 aromatic heterocycles. The van der Waals surface area contributed by atoms with Gasteiger partial charge >= 0.3 is 17.9 Å². The molecule has 23 heavy (non-hydrogen) atoms. The molecule has 0 spiro atoms. The Morgan fingerprint density at radius 3 is 2.13 bits per heavy atom. The first-order chi connectivity index (χ1) is 10.8. The number of halogens is 3. The Labute approximate surface area is 148 Å². The first kappa shape index (κ1) is 17.8. The van der Waals surface area contributed by atoms with Crippen LogP contribution in [0.1, 0.15) is 13.8 Å². The molecule has 2 aromatic rings. The molecule has 0 N–H and O–H groups in total. The van der Waals surface area contributed by atoms with Gasteiger partial charge in [-0.1, -0.05) is 23.2 Å². The van der Waals surface area contributed by atoms with Gasteiger partial charge < -0.3 is 9.47 Å². The van der Waals surface area contributed by atoms with Gasteiger partial charge in [-0.05, 0) is 35.8 Å². The van der Waals surface area contributed by atoms with Crippen LogP contribution in [0.3, 0.4) is 0 Å². The normalized spacial score (nSPS) is 10.8. The number of ether oxygens (including phenoxy) is 2. The maximum Gasteiger partial charge on any atom is 0.422 e. The Hall–Kier alpha value is -1.51. The minimum Gasteiger partial charge on any atom is -0.449 e. The highest BCUT2D eigenvalue weighted by Crippen LogP contribution is 2.36. The minimum absolute atomic E-state index is 0.0311. The van der Waals surface area contributed by atoms with Crippen LogP contribution in [0.5, 0.6) is 0 Å². The summed E-state index contributed by atoms with van der Waals surface area (Å²) in [6.07, 6.45) is -1.90. The van der Waals surface area contributed by atoms with Crippen molar-refractivity contribution in [2.24, 2.45) is 0 Å². The van der Waals surface area contributed by atoms with Gasteiger partial charge in [-0.3, -0.25) is 0 Å². The molecule has 0 unspecified atom stereocenters. The summed E-state index contributed by atoms with van der Waals surface area (Å²) in [4.78, 5) is 36.7. The van der Waals surface area contributed by atoms with Crippen LogP contribution in [0.25, 0.3) is 11.0 Å². The molecule has 0 aliphatic heterocycles. The third kappa shape index (κ3) is 2.98. The van der Waals surface area contributed by atoms with Gasteiger partial charge in [-0.2, -0.15) is 9.13 Å². The Balaban J connectivity index is 2.93. The highest BCUT2D eigenvalue weighted by molar-refractivity contribution is 9.10. The largest absolute Gasteiger partial charge is 0.449 e. The minimum atomic E-state index is -0.967. The number of carbonyl (C=O) groups excluding carboxylic acids is 2. The predicted octanol–water partition coefficient (Wildman–Crippen LogP) is 3.88. The third-order valence-corrected chi connectivity index (χ3v) is 4.58. The molecule has 0 atom stereocenters. The first-order valence-corrected chi connectivity index (χ1v) is 8.05. The molecule has 1 aromatic carbocycles. The summed E-state index contributed by atoms with van der Waals surface area (Å²) in [5, 5.41) is 0.0301. The van der Waals surface area contributed by atoms with E-state index in [9.17, 15) is 14.4 Å². The predicted molar refractivity (Wildman–Crippen MR) is 88.8 cm³/mol. The quantitative estimate of drug-likeness (QED) is 0.682. The van der Waals surface area contributed by atoms with Crippen molar-refractivity contribution in [3.05, 3.63) is 31.1 Å². The lowest BCUT2D eigenvalue weighted by Crippen LogP contribution is -2.33. The van der Waals surface area contributed by atoms with Crippen molar-refractivity contribution in [2.45, 2.75) is 13.8 Å². The second-order valence-corrected chi connectivity index (χ2v) is 5.82. The molecule has 0 aliphatic rings. The molecule has 0 aliphatic carbocycles. The third-order valence-electron chi connectivity index (χ3n) is 2.86. The van der Waals surface area contributed by atoms with Gasteiger partial charge in [0.15, 0.2) is 0 Å². The number of benzene rings is 1. The number of fused-ring (bicyclic) bond motifs is 1. The van der Waals surface area contributed by atoms with Crippen LogP contribution in [0.15, 0.2) is 15.3 Å². The van der Waals surface area contributed by atoms with Crippen molar-refractivity contribution in [3.8, 4) is 0 Å². The number of imidazole rings is 1. The van der Waals surface area contributed by atoms with Gasteiger partial charge in [0.2, 0.25) is 0 Å². The lowest BCUT2D eigenvalue weighted by Gasteiger charge is -2.06. The first-order valence-electron chi connectivity index (χ1n) is 6.50. The van der Waals surface area contributed by atoms with Crippen LogP contribution >= 0.6 is 39.1 Å². The topological polar surface area (TPSA) is 79.5 Å². The molecule has 0 fully saturated rings. The lowest BCUT2D eigenvalue weighted by molar-refractivity contribution is 0.150. The Morgan fingerprint density at radius 2 is 1.61 bits per heavy atom. The van der Waals surface area contributed by atoms with Gasteiger partial charge in [0, 0.05) is 4.47 Å². The molecular weight excluding hydrogens is 415 g/mol. The fraction of sp³-hybridized carbons (Fsp3) is 0.308. The van der Waals surface area contributed by atoms with Crippen LogP contribution in [-0.2, 0) is 9.47 Å². The standard InChI is InChI=1S/C13H11BrCl2N2O5/c1-3-22-12(20)17-7-5-6(14)8(15)9(16)10(7)18(11(17)19)13(21)23-4-2/h5H,3-4H2,1-2H3. The molecule has 0 radical (unpaired) electrons. The van der Waals surface area contributed by atoms with Crippen molar-refractivity contribution in [3.63, 3.8) is 0 Å². The van der Waals surface area contributed by atoms with Crippen LogP contribution in [-0.4, -0.2) is 34.5 Å². The Kier molecular flexibility index (Phi) is 5.38. The van der Waals surface area contributed by atoms with Crippen molar-refractivity contribution in [1.29, 1.82) is 0 Å². The SMILES string of the molecule is CCOC(=O)n1c(=O)n(C(=O)OCC)c2c(Cl)c(Cl)c(Br)cc21. The van der Waals surface area contributed by atoms with Crippen LogP contribution in [0, 0.1) is 0 Å². The lowest BCUT2D eigenvalue weighted by atomic mass is 10.3. The molecule has 0 saturated carbocycles. The number of hydrogen-bond donors (Lipinski definition) is 0. The van der Waals surface area contributed by atoms with Crippen molar-refractivity contribution < 1.29 is 19.1 Å². The van der Waals surface area contributed by atoms with Gasteiger partial charge in [0.25, 0.3) is 0 Å². The Bertz CT molecular complexity index is 858. The summed E-state index contributed by atoms with van der Waals surface area (Å²) in [5.74, 6) is 0. The highest BCUT2D eigenvalue weighted by atomic mass is 79.9. The molecule has 0 amide bonds. The number of nitrogens with zero attached hydrogens (tertiary/aromatic N) is 2. The monoisotopic (exact) mass is 424 g/mol. The zero-order valence-corrected chi connectivity index (χ0v) is 15.2. The molecular formula is C13H11BrCl2N2O5. The van der Waals surface area contributed by atoms with Crippen LogP contribution in [0.2, 0.25) is 10.0 Å². The number of carbonyl (C=O) groups is 2. The summed E-state index contributed by atoms with van der Waals surface area (Å²) in [6, 6.07) is 1.40. The maximum absolute atomic E-state index is 12.5. The zero-order valence-electron chi connectivity index (χ0n) is 12.1. The summed E-state index contributed by atoms with van der Waals surface area (Å²) in [5.41, 5.74) is -0.910. The van der Waals surface area contributed by atoms with Crippen LogP contribution < -0.4 is 5.69 Å². The molecule has 124 valence electrons. The average Bonchev–Trinajstić information content (AvgIpc) is 2.78. The molecule has 1 heterocycles. The average molecular weight is 426 g/mol. The van der Waals surface area contributed by atoms with E-state index >= 15 is 0 Å². The highest BCUT2D eigenvalue weighted by Gasteiger charge is 2.27. The van der Waals surface area contributed by atoms with E-state index in [-0.39, 0.29) is 34.3 Å². The van der Waals surface area contributed by atoms with E-state index in [4.69, 9.17) is 32.7 Å². The summed E-state index contributed by atoms with van der Waals surface area (Å²) >= 11 is 15.4. The molecule has 2 rings (SSSR count). The van der Waals surface area contributed by atoms with E-state index in [1.807, 2.05) is 0 Å². The van der Waals surface area contributed by atoms with E-state index < -0.39 is 17.9 Å². The van der Waals surface area contributed by atoms with E-state index in [0.717, 1.165) is 0 Å². The molecule has 7 nitrogen and oxygen atoms in total. The zero-order chi connectivity index (χ0) is 17.3. The molecule has 10 heteroatoms. The van der Waals surface area contributed by atoms with Gasteiger partial charge in [0.1, 0.15) is 5.52 Å². The maximum atomic E-state index is 12.5. The van der Waals surface area contributed by atoms with Gasteiger partial charge in [-0.15, -0.1) is 0 Å². The summed E-state index contributed by atoms with van der Waals surface area (Å²) < 4.78 is 11.4. The fourth-order valence-corrected chi connectivity index (χ4v) is 2.93. The van der Waals surface area contributed by atoms with Crippen LogP contribution in [0.4, 0.5) is 9.59 Å². The van der Waals surface area contributed by atoms with E-state index in [1.165, 1.54) is 6.07 Å². The van der Waals surface area contributed by atoms with Crippen molar-refractivity contribution in [2.75, 3.05) is 13.2 Å².